The van der Waals surface area contributed by atoms with E-state index in [0.29, 0.717) is 5.56 Å². The molecule has 1 fully saturated rings. The van der Waals surface area contributed by atoms with E-state index in [-0.39, 0.29) is 12.2 Å². The second kappa shape index (κ2) is 6.55. The molecular weight excluding hydrogens is 378 g/mol. The molecule has 0 bridgehead atoms. The van der Waals surface area contributed by atoms with Gasteiger partial charge in [-0.15, -0.1) is 0 Å². The van der Waals surface area contributed by atoms with Gasteiger partial charge >= 0.3 is 12.1 Å². The molecule has 24 heavy (non-hydrogen) atoms. The van der Waals surface area contributed by atoms with Gasteiger partial charge < -0.3 is 14.8 Å². The summed E-state index contributed by atoms with van der Waals surface area (Å²) >= 11 is 3.31. The van der Waals surface area contributed by atoms with Crippen molar-refractivity contribution in [3.63, 3.8) is 0 Å². The predicted molar refractivity (Wildman–Crippen MR) is 90.7 cm³/mol. The third-order valence-electron chi connectivity index (χ3n) is 3.66. The fourth-order valence-corrected chi connectivity index (χ4v) is 2.90. The summed E-state index contributed by atoms with van der Waals surface area (Å²) in [5, 5.41) is 2.52. The lowest BCUT2D eigenvalue weighted by atomic mass is 10.0. The highest BCUT2D eigenvalue weighted by molar-refractivity contribution is 9.10. The standard InChI is InChI=1S/C17H20BrNO5/c1-16(2,3)24-15(22)19-17(14(21)23-4)9-12(17)13(20)10-6-5-7-11(18)8-10/h5-8,12H,9H2,1-4H3,(H,19,22). The van der Waals surface area contributed by atoms with Crippen LogP contribution in [0.3, 0.4) is 0 Å². The van der Waals surface area contributed by atoms with Crippen molar-refractivity contribution in [1.82, 2.24) is 5.32 Å². The lowest BCUT2D eigenvalue weighted by Crippen LogP contribution is -2.48. The van der Waals surface area contributed by atoms with Crippen molar-refractivity contribution in [3.05, 3.63) is 34.3 Å². The highest BCUT2D eigenvalue weighted by Gasteiger charge is 2.66. The Bertz CT molecular complexity index is 682. The molecule has 0 saturated heterocycles. The molecule has 1 amide bonds. The van der Waals surface area contributed by atoms with Gasteiger partial charge in [0, 0.05) is 10.0 Å². The van der Waals surface area contributed by atoms with E-state index >= 15 is 0 Å². The number of ketones is 1. The van der Waals surface area contributed by atoms with Crippen LogP contribution in [0.25, 0.3) is 0 Å². The minimum absolute atomic E-state index is 0.185. The molecule has 6 nitrogen and oxygen atoms in total. The number of ether oxygens (including phenoxy) is 2. The van der Waals surface area contributed by atoms with Crippen LogP contribution in [0.5, 0.6) is 0 Å². The first-order valence-corrected chi connectivity index (χ1v) is 8.28. The Hall–Kier alpha value is -1.89. The lowest BCUT2D eigenvalue weighted by molar-refractivity contribution is -0.144. The first kappa shape index (κ1) is 18.4. The van der Waals surface area contributed by atoms with Crippen LogP contribution in [0.2, 0.25) is 0 Å². The summed E-state index contributed by atoms with van der Waals surface area (Å²) in [6.45, 7) is 5.15. The third kappa shape index (κ3) is 3.95. The van der Waals surface area contributed by atoms with Crippen molar-refractivity contribution in [2.75, 3.05) is 7.11 Å². The normalized spacial score (nSPS) is 22.5. The number of amides is 1. The third-order valence-corrected chi connectivity index (χ3v) is 4.15. The molecule has 2 rings (SSSR count). The summed E-state index contributed by atoms with van der Waals surface area (Å²) in [5.74, 6) is -1.55. The summed E-state index contributed by atoms with van der Waals surface area (Å²) in [6.07, 6.45) is -0.568. The summed E-state index contributed by atoms with van der Waals surface area (Å²) in [5.41, 5.74) is -1.61. The lowest BCUT2D eigenvalue weighted by Gasteiger charge is -2.23. The monoisotopic (exact) mass is 397 g/mol. The highest BCUT2D eigenvalue weighted by Crippen LogP contribution is 2.46. The van der Waals surface area contributed by atoms with Crippen molar-refractivity contribution >= 4 is 33.8 Å². The van der Waals surface area contributed by atoms with Gasteiger partial charge in [-0.2, -0.15) is 0 Å². The van der Waals surface area contributed by atoms with Gasteiger partial charge in [0.15, 0.2) is 11.3 Å². The van der Waals surface area contributed by atoms with Crippen molar-refractivity contribution in [2.24, 2.45) is 5.92 Å². The Balaban J connectivity index is 2.19. The van der Waals surface area contributed by atoms with E-state index in [9.17, 15) is 14.4 Å². The van der Waals surface area contributed by atoms with E-state index in [0.717, 1.165) is 4.47 Å². The van der Waals surface area contributed by atoms with Crippen LogP contribution in [0.15, 0.2) is 28.7 Å². The molecular formula is C17H20BrNO5. The molecule has 2 atom stereocenters. The fraction of sp³-hybridized carbons (Fsp3) is 0.471. The Morgan fingerprint density at radius 3 is 2.50 bits per heavy atom. The number of hydrogen-bond acceptors (Lipinski definition) is 5. The van der Waals surface area contributed by atoms with Gasteiger partial charge in [0.05, 0.1) is 13.0 Å². The van der Waals surface area contributed by atoms with Crippen molar-refractivity contribution in [3.8, 4) is 0 Å². The Kier molecular flexibility index (Phi) is 5.03. The van der Waals surface area contributed by atoms with Gasteiger partial charge in [0.2, 0.25) is 0 Å². The van der Waals surface area contributed by atoms with Crippen LogP contribution in [-0.2, 0) is 14.3 Å². The molecule has 1 aromatic carbocycles. The van der Waals surface area contributed by atoms with Gasteiger partial charge in [-0.25, -0.2) is 9.59 Å². The number of rotatable bonds is 4. The number of nitrogens with one attached hydrogen (secondary N) is 1. The van der Waals surface area contributed by atoms with Crippen LogP contribution in [0, 0.1) is 5.92 Å². The van der Waals surface area contributed by atoms with Crippen LogP contribution >= 0.6 is 15.9 Å². The van der Waals surface area contributed by atoms with Crippen LogP contribution in [0.4, 0.5) is 4.79 Å². The number of halogens is 1. The number of carbonyl (C=O) groups excluding carboxylic acids is 3. The average molecular weight is 398 g/mol. The number of hydrogen-bond donors (Lipinski definition) is 1. The van der Waals surface area contributed by atoms with Crippen LogP contribution < -0.4 is 5.32 Å². The van der Waals surface area contributed by atoms with E-state index in [1.807, 2.05) is 0 Å². The van der Waals surface area contributed by atoms with Crippen LogP contribution in [0.1, 0.15) is 37.6 Å². The average Bonchev–Trinajstić information content (AvgIpc) is 3.18. The maximum absolute atomic E-state index is 12.6. The van der Waals surface area contributed by atoms with Crippen molar-refractivity contribution < 1.29 is 23.9 Å². The number of esters is 1. The summed E-state index contributed by atoms with van der Waals surface area (Å²) in [4.78, 5) is 36.8. The summed E-state index contributed by atoms with van der Waals surface area (Å²) < 4.78 is 10.7. The summed E-state index contributed by atoms with van der Waals surface area (Å²) in [7, 11) is 1.22. The second-order valence-electron chi connectivity index (χ2n) is 6.72. The van der Waals surface area contributed by atoms with Gasteiger partial charge in [-0.05, 0) is 39.3 Å². The first-order chi connectivity index (χ1) is 11.1. The largest absolute Gasteiger partial charge is 0.467 e. The molecule has 0 aliphatic heterocycles. The number of Topliss-reactive ketones (excluding diaryl/α,β-unsaturated/α-hetero) is 1. The molecule has 1 saturated carbocycles. The van der Waals surface area contributed by atoms with E-state index in [2.05, 4.69) is 21.2 Å². The van der Waals surface area contributed by atoms with Gasteiger partial charge in [-0.1, -0.05) is 28.1 Å². The molecule has 0 radical (unpaired) electrons. The minimum atomic E-state index is -1.36. The quantitative estimate of drug-likeness (QED) is 0.623. The molecule has 1 aliphatic carbocycles. The summed E-state index contributed by atoms with van der Waals surface area (Å²) in [6, 6.07) is 6.88. The van der Waals surface area contributed by atoms with Gasteiger partial charge in [0.1, 0.15) is 5.60 Å². The fourth-order valence-electron chi connectivity index (χ4n) is 2.51. The topological polar surface area (TPSA) is 81.7 Å². The van der Waals surface area contributed by atoms with Crippen LogP contribution in [-0.4, -0.2) is 36.1 Å². The zero-order valence-electron chi connectivity index (χ0n) is 14.0. The zero-order valence-corrected chi connectivity index (χ0v) is 15.6. The zero-order chi connectivity index (χ0) is 18.1. The van der Waals surface area contributed by atoms with E-state index in [1.165, 1.54) is 7.11 Å². The smallest absolute Gasteiger partial charge is 0.408 e. The number of alkyl carbamates (subject to hydrolysis) is 1. The van der Waals surface area contributed by atoms with Gasteiger partial charge in [0.25, 0.3) is 0 Å². The number of benzene rings is 1. The maximum atomic E-state index is 12.6. The molecule has 0 heterocycles. The molecule has 1 aromatic rings. The molecule has 1 N–H and O–H groups in total. The SMILES string of the molecule is COC(=O)C1(NC(=O)OC(C)(C)C)CC1C(=O)c1cccc(Br)c1. The Morgan fingerprint density at radius 2 is 1.96 bits per heavy atom. The molecule has 2 unspecified atom stereocenters. The van der Waals surface area contributed by atoms with Crippen molar-refractivity contribution in [1.29, 1.82) is 0 Å². The first-order valence-electron chi connectivity index (χ1n) is 7.48. The number of methoxy groups -OCH3 is 1. The molecule has 0 aromatic heterocycles. The molecule has 1 aliphatic rings. The Morgan fingerprint density at radius 1 is 1.29 bits per heavy atom. The minimum Gasteiger partial charge on any atom is -0.467 e. The van der Waals surface area contributed by atoms with Gasteiger partial charge in [-0.3, -0.25) is 4.79 Å². The highest BCUT2D eigenvalue weighted by atomic mass is 79.9. The van der Waals surface area contributed by atoms with E-state index in [1.54, 1.807) is 45.0 Å². The van der Waals surface area contributed by atoms with Crippen molar-refractivity contribution in [2.45, 2.75) is 38.3 Å². The van der Waals surface area contributed by atoms with E-state index in [4.69, 9.17) is 9.47 Å². The molecule has 0 spiro atoms. The Labute approximate surface area is 149 Å². The molecule has 130 valence electrons. The predicted octanol–water partition coefficient (Wildman–Crippen LogP) is 3.09. The van der Waals surface area contributed by atoms with E-state index < -0.39 is 29.1 Å². The number of carbonyl (C=O) groups is 3. The molecule has 7 heteroatoms. The maximum Gasteiger partial charge on any atom is 0.408 e. The second-order valence-corrected chi connectivity index (χ2v) is 7.64.